The number of halogens is 1. The molecule has 0 aliphatic carbocycles. The van der Waals surface area contributed by atoms with E-state index in [9.17, 15) is 4.79 Å². The second-order valence-corrected chi connectivity index (χ2v) is 8.26. The fourth-order valence-electron chi connectivity index (χ4n) is 1.35. The third-order valence-corrected chi connectivity index (χ3v) is 4.47. The SMILES string of the molecule is CC(C)(C)COC(=O)Nc1nnsc1Sc1ccc(Cl)cc1. The van der Waals surface area contributed by atoms with E-state index in [1.807, 2.05) is 45.0 Å². The molecule has 0 atom stereocenters. The van der Waals surface area contributed by atoms with Crippen LogP contribution < -0.4 is 5.32 Å². The number of carbonyl (C=O) groups is 1. The van der Waals surface area contributed by atoms with Gasteiger partial charge in [-0.3, -0.25) is 5.32 Å². The second kappa shape index (κ2) is 7.30. The van der Waals surface area contributed by atoms with Crippen LogP contribution in [0.4, 0.5) is 10.6 Å². The van der Waals surface area contributed by atoms with E-state index in [4.69, 9.17) is 16.3 Å². The van der Waals surface area contributed by atoms with Crippen LogP contribution in [-0.2, 0) is 4.74 Å². The molecule has 5 nitrogen and oxygen atoms in total. The van der Waals surface area contributed by atoms with Crippen molar-refractivity contribution in [2.75, 3.05) is 11.9 Å². The van der Waals surface area contributed by atoms with Crippen LogP contribution in [0.5, 0.6) is 0 Å². The predicted molar refractivity (Wildman–Crippen MR) is 89.9 cm³/mol. The lowest BCUT2D eigenvalue weighted by Gasteiger charge is -2.17. The van der Waals surface area contributed by atoms with Gasteiger partial charge in [0.1, 0.15) is 4.21 Å². The van der Waals surface area contributed by atoms with Gasteiger partial charge in [0, 0.05) is 9.92 Å². The van der Waals surface area contributed by atoms with Gasteiger partial charge < -0.3 is 4.74 Å². The molecule has 8 heteroatoms. The number of ether oxygens (including phenoxy) is 1. The summed E-state index contributed by atoms with van der Waals surface area (Å²) in [6.45, 7) is 6.31. The number of hydrogen-bond donors (Lipinski definition) is 1. The monoisotopic (exact) mass is 357 g/mol. The maximum atomic E-state index is 11.8. The van der Waals surface area contributed by atoms with E-state index in [0.29, 0.717) is 17.4 Å². The van der Waals surface area contributed by atoms with Crippen LogP contribution in [0.1, 0.15) is 20.8 Å². The summed E-state index contributed by atoms with van der Waals surface area (Å²) in [7, 11) is 0. The number of amides is 1. The molecule has 1 heterocycles. The Morgan fingerprint density at radius 3 is 2.68 bits per heavy atom. The van der Waals surface area contributed by atoms with Crippen LogP contribution in [-0.4, -0.2) is 22.3 Å². The number of nitrogens with one attached hydrogen (secondary N) is 1. The highest BCUT2D eigenvalue weighted by molar-refractivity contribution is 8.01. The molecule has 118 valence electrons. The Bertz CT molecular complexity index is 638. The largest absolute Gasteiger partial charge is 0.449 e. The fourth-order valence-corrected chi connectivity index (χ4v) is 3.06. The van der Waals surface area contributed by atoms with Gasteiger partial charge in [0.05, 0.1) is 6.61 Å². The maximum Gasteiger partial charge on any atom is 0.412 e. The third kappa shape index (κ3) is 5.47. The smallest absolute Gasteiger partial charge is 0.412 e. The van der Waals surface area contributed by atoms with Crippen LogP contribution in [0.25, 0.3) is 0 Å². The number of carbonyl (C=O) groups excluding carboxylic acids is 1. The summed E-state index contributed by atoms with van der Waals surface area (Å²) in [6.07, 6.45) is -0.527. The molecule has 0 saturated carbocycles. The van der Waals surface area contributed by atoms with Crippen LogP contribution in [0.3, 0.4) is 0 Å². The second-order valence-electron chi connectivity index (χ2n) is 5.73. The van der Waals surface area contributed by atoms with Gasteiger partial charge in [0.25, 0.3) is 0 Å². The molecule has 0 spiro atoms. The first kappa shape index (κ1) is 17.1. The molecule has 22 heavy (non-hydrogen) atoms. The third-order valence-electron chi connectivity index (χ3n) is 2.34. The van der Waals surface area contributed by atoms with Crippen LogP contribution in [0.15, 0.2) is 33.4 Å². The first-order chi connectivity index (χ1) is 10.3. The first-order valence-electron chi connectivity index (χ1n) is 6.53. The van der Waals surface area contributed by atoms with E-state index in [-0.39, 0.29) is 5.41 Å². The minimum Gasteiger partial charge on any atom is -0.449 e. The van der Waals surface area contributed by atoms with Gasteiger partial charge in [-0.1, -0.05) is 48.6 Å². The van der Waals surface area contributed by atoms with Crippen molar-refractivity contribution in [2.45, 2.75) is 29.9 Å². The van der Waals surface area contributed by atoms with Crippen molar-refractivity contribution in [3.8, 4) is 0 Å². The van der Waals surface area contributed by atoms with Gasteiger partial charge in [0.15, 0.2) is 5.82 Å². The van der Waals surface area contributed by atoms with Crippen molar-refractivity contribution in [1.29, 1.82) is 0 Å². The molecule has 1 aromatic carbocycles. The molecule has 0 aliphatic heterocycles. The van der Waals surface area contributed by atoms with E-state index >= 15 is 0 Å². The number of hydrogen-bond acceptors (Lipinski definition) is 6. The Balaban J connectivity index is 1.97. The van der Waals surface area contributed by atoms with Crippen LogP contribution in [0, 0.1) is 5.41 Å². The lowest BCUT2D eigenvalue weighted by atomic mass is 9.99. The summed E-state index contributed by atoms with van der Waals surface area (Å²) in [6, 6.07) is 7.41. The van der Waals surface area contributed by atoms with Crippen molar-refractivity contribution in [2.24, 2.45) is 5.41 Å². The van der Waals surface area contributed by atoms with Crippen molar-refractivity contribution in [1.82, 2.24) is 9.59 Å². The molecule has 2 rings (SSSR count). The molecule has 0 aliphatic rings. The average Bonchev–Trinajstić information content (AvgIpc) is 2.86. The van der Waals surface area contributed by atoms with Crippen LogP contribution in [0.2, 0.25) is 5.02 Å². The summed E-state index contributed by atoms with van der Waals surface area (Å²) < 4.78 is 9.82. The molecule has 1 N–H and O–H groups in total. The quantitative estimate of drug-likeness (QED) is 0.839. The van der Waals surface area contributed by atoms with Crippen LogP contribution >= 0.6 is 34.9 Å². The van der Waals surface area contributed by atoms with Crippen molar-refractivity contribution in [3.05, 3.63) is 29.3 Å². The van der Waals surface area contributed by atoms with E-state index in [1.54, 1.807) is 0 Å². The fraction of sp³-hybridized carbons (Fsp3) is 0.357. The highest BCUT2D eigenvalue weighted by atomic mass is 35.5. The first-order valence-corrected chi connectivity index (χ1v) is 8.50. The molecule has 0 fully saturated rings. The minimum absolute atomic E-state index is 0.0848. The predicted octanol–water partition coefficient (Wildman–Crippen LogP) is 4.94. The number of benzene rings is 1. The molecule has 0 unspecified atom stereocenters. The zero-order valence-electron chi connectivity index (χ0n) is 12.4. The Morgan fingerprint density at radius 2 is 2.05 bits per heavy atom. The minimum atomic E-state index is -0.527. The average molecular weight is 358 g/mol. The van der Waals surface area contributed by atoms with Gasteiger partial charge >= 0.3 is 6.09 Å². The highest BCUT2D eigenvalue weighted by Crippen LogP contribution is 2.35. The van der Waals surface area contributed by atoms with Crippen molar-refractivity contribution >= 4 is 46.8 Å². The summed E-state index contributed by atoms with van der Waals surface area (Å²) in [5, 5.41) is 7.22. The molecule has 0 radical (unpaired) electrons. The van der Waals surface area contributed by atoms with E-state index in [1.165, 1.54) is 23.3 Å². The van der Waals surface area contributed by atoms with Crippen molar-refractivity contribution in [3.63, 3.8) is 0 Å². The summed E-state index contributed by atoms with van der Waals surface area (Å²) in [4.78, 5) is 12.8. The Labute approximate surface area is 142 Å². The van der Waals surface area contributed by atoms with Crippen molar-refractivity contribution < 1.29 is 9.53 Å². The number of rotatable bonds is 4. The topological polar surface area (TPSA) is 64.1 Å². The molecular weight excluding hydrogens is 342 g/mol. The van der Waals surface area contributed by atoms with Gasteiger partial charge in [-0.15, -0.1) is 5.10 Å². The maximum absolute atomic E-state index is 11.8. The zero-order valence-corrected chi connectivity index (χ0v) is 14.8. The van der Waals surface area contributed by atoms with E-state index in [2.05, 4.69) is 14.9 Å². The molecular formula is C14H16ClN3O2S2. The Kier molecular flexibility index (Phi) is 5.66. The number of nitrogens with zero attached hydrogens (tertiary/aromatic N) is 2. The highest BCUT2D eigenvalue weighted by Gasteiger charge is 2.17. The summed E-state index contributed by atoms with van der Waals surface area (Å²) >= 11 is 8.53. The molecule has 1 aromatic heterocycles. The number of anilines is 1. The van der Waals surface area contributed by atoms with E-state index < -0.39 is 6.09 Å². The zero-order chi connectivity index (χ0) is 16.2. The standard InChI is InChI=1S/C14H16ClN3O2S2/c1-14(2,3)8-20-13(19)16-11-12(22-18-17-11)21-10-6-4-9(15)5-7-10/h4-7H,8H2,1-3H3,(H,16,19). The molecule has 1 amide bonds. The summed E-state index contributed by atoms with van der Waals surface area (Å²) in [5.41, 5.74) is -0.0848. The Hall–Kier alpha value is -1.31. The molecule has 0 bridgehead atoms. The van der Waals surface area contributed by atoms with Gasteiger partial charge in [-0.25, -0.2) is 4.79 Å². The molecule has 2 aromatic rings. The Morgan fingerprint density at radius 1 is 1.36 bits per heavy atom. The molecule has 0 saturated heterocycles. The summed E-state index contributed by atoms with van der Waals surface area (Å²) in [5.74, 6) is 0.406. The van der Waals surface area contributed by atoms with E-state index in [0.717, 1.165) is 9.10 Å². The van der Waals surface area contributed by atoms with Gasteiger partial charge in [-0.2, -0.15) is 0 Å². The normalized spacial score (nSPS) is 11.3. The lowest BCUT2D eigenvalue weighted by Crippen LogP contribution is -2.22. The number of aromatic nitrogens is 2. The lowest BCUT2D eigenvalue weighted by molar-refractivity contribution is 0.118. The van der Waals surface area contributed by atoms with Gasteiger partial charge in [-0.05, 0) is 41.2 Å². The van der Waals surface area contributed by atoms with Gasteiger partial charge in [0.2, 0.25) is 0 Å².